The summed E-state index contributed by atoms with van der Waals surface area (Å²) in [6, 6.07) is 5.29. The van der Waals surface area contributed by atoms with Crippen molar-refractivity contribution < 1.29 is 18.0 Å². The third-order valence-electron chi connectivity index (χ3n) is 8.49. The molecule has 8 heteroatoms. The number of benzene rings is 1. The maximum atomic E-state index is 13.4. The molecule has 0 spiro atoms. The minimum absolute atomic E-state index is 0.0561. The number of carbonyl (C=O) groups is 2. The van der Waals surface area contributed by atoms with Crippen LogP contribution in [0.4, 0.5) is 5.69 Å². The van der Waals surface area contributed by atoms with Crippen LogP contribution in [-0.4, -0.2) is 61.7 Å². The van der Waals surface area contributed by atoms with Crippen molar-refractivity contribution in [2.24, 2.45) is 17.8 Å². The third-order valence-corrected chi connectivity index (χ3v) is 10.4. The molecule has 1 aromatic carbocycles. The molecule has 1 unspecified atom stereocenters. The van der Waals surface area contributed by atoms with Crippen LogP contribution in [0.15, 0.2) is 23.1 Å². The topological polar surface area (TPSA) is 78.0 Å². The highest BCUT2D eigenvalue weighted by Crippen LogP contribution is 2.39. The molecule has 0 radical (unpaired) electrons. The van der Waals surface area contributed by atoms with Gasteiger partial charge in [0.15, 0.2) is 0 Å². The first kappa shape index (κ1) is 23.8. The van der Waals surface area contributed by atoms with Gasteiger partial charge in [0, 0.05) is 49.7 Å². The molecule has 5 rings (SSSR count). The number of amides is 2. The summed E-state index contributed by atoms with van der Waals surface area (Å²) in [6.45, 7) is 6.67. The molecule has 3 heterocycles. The van der Waals surface area contributed by atoms with Crippen molar-refractivity contribution >= 4 is 27.5 Å². The van der Waals surface area contributed by atoms with Gasteiger partial charge in [0.2, 0.25) is 21.8 Å². The summed E-state index contributed by atoms with van der Waals surface area (Å²) in [5, 5.41) is 0. The quantitative estimate of drug-likeness (QED) is 0.652. The van der Waals surface area contributed by atoms with Gasteiger partial charge in [-0.1, -0.05) is 13.3 Å². The molecule has 0 aromatic heterocycles. The summed E-state index contributed by atoms with van der Waals surface area (Å²) in [7, 11) is -3.62. The number of sulfonamides is 1. The molecular formula is C26H37N3O4S. The minimum Gasteiger partial charge on any atom is -0.342 e. The van der Waals surface area contributed by atoms with Crippen molar-refractivity contribution in [2.75, 3.05) is 31.1 Å². The average Bonchev–Trinajstić information content (AvgIpc) is 3.13. The van der Waals surface area contributed by atoms with E-state index >= 15 is 0 Å². The van der Waals surface area contributed by atoms with Crippen LogP contribution in [-0.2, 0) is 26.0 Å². The number of fused-ring (bicyclic) bond motifs is 1. The van der Waals surface area contributed by atoms with Crippen molar-refractivity contribution in [1.29, 1.82) is 0 Å². The molecule has 186 valence electrons. The highest BCUT2D eigenvalue weighted by atomic mass is 32.2. The number of likely N-dealkylation sites (tertiary alicyclic amines) is 1. The number of hydrogen-bond acceptors (Lipinski definition) is 4. The van der Waals surface area contributed by atoms with Crippen LogP contribution in [0, 0.1) is 17.8 Å². The van der Waals surface area contributed by atoms with Crippen molar-refractivity contribution in [3.05, 3.63) is 23.8 Å². The molecule has 1 aliphatic carbocycles. The summed E-state index contributed by atoms with van der Waals surface area (Å²) in [5.74, 6) is 1.10. The number of piperidine rings is 2. The lowest BCUT2D eigenvalue weighted by Crippen LogP contribution is -2.46. The number of rotatable bonds is 4. The fraction of sp³-hybridized carbons (Fsp3) is 0.692. The molecule has 3 fully saturated rings. The number of carbonyl (C=O) groups excluding carboxylic acids is 2. The summed E-state index contributed by atoms with van der Waals surface area (Å²) >= 11 is 0. The van der Waals surface area contributed by atoms with Crippen LogP contribution in [0.1, 0.15) is 64.4 Å². The van der Waals surface area contributed by atoms with Crippen molar-refractivity contribution in [3.63, 3.8) is 0 Å². The lowest BCUT2D eigenvalue weighted by atomic mass is 9.84. The zero-order valence-corrected chi connectivity index (χ0v) is 21.2. The van der Waals surface area contributed by atoms with Crippen LogP contribution in [0.2, 0.25) is 0 Å². The molecule has 1 aromatic rings. The fourth-order valence-corrected chi connectivity index (χ4v) is 7.46. The lowest BCUT2D eigenvalue weighted by molar-refractivity contribution is -0.138. The summed E-state index contributed by atoms with van der Waals surface area (Å²) in [4.78, 5) is 30.0. The van der Waals surface area contributed by atoms with E-state index < -0.39 is 10.0 Å². The van der Waals surface area contributed by atoms with Gasteiger partial charge >= 0.3 is 0 Å². The number of anilines is 1. The Morgan fingerprint density at radius 3 is 2.12 bits per heavy atom. The van der Waals surface area contributed by atoms with Gasteiger partial charge < -0.3 is 9.80 Å². The molecule has 0 N–H and O–H groups in total. The zero-order valence-electron chi connectivity index (χ0n) is 20.4. The maximum Gasteiger partial charge on any atom is 0.243 e. The SMILES string of the molecule is CC1CCN(C(=O)C2CCN(S(=O)(=O)c3ccc4c(c3)CC(C)N4C(=O)C3CCC3)CC2)CC1. The van der Waals surface area contributed by atoms with E-state index in [4.69, 9.17) is 0 Å². The second kappa shape index (κ2) is 9.26. The second-order valence-corrected chi connectivity index (χ2v) is 12.8. The molecule has 7 nitrogen and oxygen atoms in total. The Kier molecular flexibility index (Phi) is 6.48. The first-order valence-corrected chi connectivity index (χ1v) is 14.4. The van der Waals surface area contributed by atoms with Crippen LogP contribution in [0.3, 0.4) is 0 Å². The van der Waals surface area contributed by atoms with Gasteiger partial charge in [-0.3, -0.25) is 9.59 Å². The average molecular weight is 488 g/mol. The molecule has 1 saturated carbocycles. The van der Waals surface area contributed by atoms with Crippen molar-refractivity contribution in [1.82, 2.24) is 9.21 Å². The van der Waals surface area contributed by atoms with E-state index in [-0.39, 0.29) is 29.7 Å². The molecule has 2 amide bonds. The zero-order chi connectivity index (χ0) is 24.0. The monoisotopic (exact) mass is 487 g/mol. The Bertz CT molecular complexity index is 1050. The highest BCUT2D eigenvalue weighted by molar-refractivity contribution is 7.89. The molecule has 1 atom stereocenters. The lowest BCUT2D eigenvalue weighted by Gasteiger charge is -2.36. The number of nitrogens with zero attached hydrogens (tertiary/aromatic N) is 3. The van der Waals surface area contributed by atoms with Gasteiger partial charge in [0.05, 0.1) is 4.90 Å². The molecule has 34 heavy (non-hydrogen) atoms. The van der Waals surface area contributed by atoms with E-state index in [1.807, 2.05) is 22.8 Å². The van der Waals surface area contributed by atoms with Crippen LogP contribution in [0.5, 0.6) is 0 Å². The maximum absolute atomic E-state index is 13.4. The first-order valence-electron chi connectivity index (χ1n) is 13.0. The van der Waals surface area contributed by atoms with Crippen LogP contribution < -0.4 is 4.90 Å². The van der Waals surface area contributed by atoms with E-state index in [0.717, 1.165) is 56.4 Å². The normalized spacial score (nSPS) is 25.3. The van der Waals surface area contributed by atoms with Crippen molar-refractivity contribution in [2.45, 2.75) is 76.2 Å². The van der Waals surface area contributed by atoms with E-state index in [2.05, 4.69) is 6.92 Å². The third kappa shape index (κ3) is 4.28. The Balaban J connectivity index is 1.25. The molecule has 2 saturated heterocycles. The Labute approximate surface area is 203 Å². The van der Waals surface area contributed by atoms with Gasteiger partial charge in [0.1, 0.15) is 0 Å². The highest BCUT2D eigenvalue weighted by Gasteiger charge is 2.39. The minimum atomic E-state index is -3.62. The predicted octanol–water partition coefficient (Wildman–Crippen LogP) is 3.42. The molecular weight excluding hydrogens is 450 g/mol. The Morgan fingerprint density at radius 1 is 0.853 bits per heavy atom. The summed E-state index contributed by atoms with van der Waals surface area (Å²) in [5.41, 5.74) is 1.80. The van der Waals surface area contributed by atoms with E-state index in [1.54, 1.807) is 12.1 Å². The largest absolute Gasteiger partial charge is 0.342 e. The molecule has 3 aliphatic heterocycles. The summed E-state index contributed by atoms with van der Waals surface area (Å²) in [6.07, 6.45) is 6.98. The first-order chi connectivity index (χ1) is 16.3. The second-order valence-electron chi connectivity index (χ2n) is 10.9. The van der Waals surface area contributed by atoms with Gasteiger partial charge in [-0.05, 0) is 81.5 Å². The van der Waals surface area contributed by atoms with E-state index in [1.165, 1.54) is 4.31 Å². The van der Waals surface area contributed by atoms with E-state index in [0.29, 0.717) is 43.2 Å². The molecule has 4 aliphatic rings. The van der Waals surface area contributed by atoms with Crippen molar-refractivity contribution in [3.8, 4) is 0 Å². The summed E-state index contributed by atoms with van der Waals surface area (Å²) < 4.78 is 28.4. The van der Waals surface area contributed by atoms with Gasteiger partial charge in [0.25, 0.3) is 0 Å². The van der Waals surface area contributed by atoms with Gasteiger partial charge in [-0.25, -0.2) is 8.42 Å². The van der Waals surface area contributed by atoms with Gasteiger partial charge in [-0.15, -0.1) is 0 Å². The molecule has 0 bridgehead atoms. The standard InChI is InChI=1S/C26H37N3O4S/c1-18-8-12-27(13-9-18)25(30)21-10-14-28(15-11-21)34(32,33)23-6-7-24-22(17-23)16-19(2)29(24)26(31)20-4-3-5-20/h6-7,17-21H,3-5,8-16H2,1-2H3. The van der Waals surface area contributed by atoms with Crippen LogP contribution >= 0.6 is 0 Å². The fourth-order valence-electron chi connectivity index (χ4n) is 5.93. The van der Waals surface area contributed by atoms with E-state index in [9.17, 15) is 18.0 Å². The van der Waals surface area contributed by atoms with Crippen LogP contribution in [0.25, 0.3) is 0 Å². The Hall–Kier alpha value is -1.93. The number of hydrogen-bond donors (Lipinski definition) is 0. The smallest absolute Gasteiger partial charge is 0.243 e. The predicted molar refractivity (Wildman–Crippen MR) is 131 cm³/mol. The Morgan fingerprint density at radius 2 is 1.50 bits per heavy atom. The van der Waals surface area contributed by atoms with Gasteiger partial charge in [-0.2, -0.15) is 4.31 Å².